The third-order valence-electron chi connectivity index (χ3n) is 5.02. The average molecular weight is 346 g/mol. The van der Waals surface area contributed by atoms with E-state index in [9.17, 15) is 5.11 Å². The van der Waals surface area contributed by atoms with Gasteiger partial charge in [-0.1, -0.05) is 43.7 Å². The maximum absolute atomic E-state index is 9.24. The van der Waals surface area contributed by atoms with Gasteiger partial charge in [-0.2, -0.15) is 0 Å². The van der Waals surface area contributed by atoms with E-state index in [0.29, 0.717) is 11.8 Å². The Morgan fingerprint density at radius 1 is 1.28 bits per heavy atom. The van der Waals surface area contributed by atoms with Gasteiger partial charge < -0.3 is 15.3 Å². The predicted octanol–water partition coefficient (Wildman–Crippen LogP) is 3.32. The summed E-state index contributed by atoms with van der Waals surface area (Å²) in [5.74, 6) is 2.25. The van der Waals surface area contributed by atoms with Gasteiger partial charge in [-0.25, -0.2) is 0 Å². The number of nitrogens with zero attached hydrogens (tertiary/aromatic N) is 2. The van der Waals surface area contributed by atoms with Crippen molar-refractivity contribution < 1.29 is 5.11 Å². The Kier molecular flexibility index (Phi) is 8.81. The van der Waals surface area contributed by atoms with Crippen LogP contribution in [0.25, 0.3) is 0 Å². The highest BCUT2D eigenvalue weighted by molar-refractivity contribution is 5.80. The first kappa shape index (κ1) is 19.8. The Bertz CT molecular complexity index is 497. The van der Waals surface area contributed by atoms with Crippen molar-refractivity contribution in [1.82, 2.24) is 10.2 Å². The van der Waals surface area contributed by atoms with Crippen LogP contribution in [0.5, 0.6) is 0 Å². The van der Waals surface area contributed by atoms with Gasteiger partial charge in [0.05, 0.1) is 0 Å². The zero-order valence-corrected chi connectivity index (χ0v) is 16.0. The number of nitrogens with one attached hydrogen (secondary N) is 1. The first-order chi connectivity index (χ1) is 12.3. The molecule has 140 valence electrons. The van der Waals surface area contributed by atoms with Gasteiger partial charge >= 0.3 is 0 Å². The van der Waals surface area contributed by atoms with Gasteiger partial charge in [0.25, 0.3) is 0 Å². The van der Waals surface area contributed by atoms with Gasteiger partial charge in [0.15, 0.2) is 5.96 Å². The molecule has 1 aromatic carbocycles. The molecule has 1 aliphatic rings. The van der Waals surface area contributed by atoms with E-state index < -0.39 is 0 Å². The number of hydrogen-bond donors (Lipinski definition) is 2. The van der Waals surface area contributed by atoms with Crippen LogP contribution in [0, 0.1) is 11.8 Å². The maximum atomic E-state index is 9.24. The number of rotatable bonds is 9. The second-order valence-corrected chi connectivity index (χ2v) is 7.15. The summed E-state index contributed by atoms with van der Waals surface area (Å²) in [7, 11) is 0. The molecular weight excluding hydrogens is 310 g/mol. The Morgan fingerprint density at radius 3 is 2.76 bits per heavy atom. The molecule has 0 saturated carbocycles. The fourth-order valence-corrected chi connectivity index (χ4v) is 3.70. The van der Waals surface area contributed by atoms with Crippen molar-refractivity contribution in [3.63, 3.8) is 0 Å². The largest absolute Gasteiger partial charge is 0.396 e. The zero-order chi connectivity index (χ0) is 17.9. The summed E-state index contributed by atoms with van der Waals surface area (Å²) in [6.45, 7) is 8.48. The molecule has 1 fully saturated rings. The van der Waals surface area contributed by atoms with E-state index in [1.54, 1.807) is 0 Å². The highest BCUT2D eigenvalue weighted by Gasteiger charge is 2.25. The molecule has 0 spiro atoms. The second kappa shape index (κ2) is 11.1. The highest BCUT2D eigenvalue weighted by atomic mass is 16.3. The normalized spacial score (nSPS) is 19.2. The van der Waals surface area contributed by atoms with E-state index in [0.717, 1.165) is 57.8 Å². The summed E-state index contributed by atoms with van der Waals surface area (Å²) in [6.07, 6.45) is 5.53. The molecule has 2 rings (SSSR count). The molecule has 0 radical (unpaired) electrons. The molecule has 0 bridgehead atoms. The maximum Gasteiger partial charge on any atom is 0.193 e. The molecule has 2 atom stereocenters. The molecular formula is C21H35N3O. The van der Waals surface area contributed by atoms with Crippen LogP contribution < -0.4 is 5.32 Å². The number of benzene rings is 1. The molecule has 4 nitrogen and oxygen atoms in total. The van der Waals surface area contributed by atoms with Crippen LogP contribution in [0.3, 0.4) is 0 Å². The minimum atomic E-state index is 0.263. The van der Waals surface area contributed by atoms with Crippen LogP contribution in [-0.2, 0) is 6.42 Å². The topological polar surface area (TPSA) is 47.9 Å². The first-order valence-corrected chi connectivity index (χ1v) is 9.94. The highest BCUT2D eigenvalue weighted by Crippen LogP contribution is 2.21. The van der Waals surface area contributed by atoms with Crippen LogP contribution in [0.4, 0.5) is 0 Å². The number of hydrogen-bond acceptors (Lipinski definition) is 2. The molecule has 0 aliphatic carbocycles. The van der Waals surface area contributed by atoms with E-state index in [1.807, 2.05) is 0 Å². The molecule has 25 heavy (non-hydrogen) atoms. The van der Waals surface area contributed by atoms with E-state index in [4.69, 9.17) is 4.99 Å². The summed E-state index contributed by atoms with van der Waals surface area (Å²) in [5, 5.41) is 12.7. The number of guanidine groups is 1. The molecule has 0 amide bonds. The van der Waals surface area contributed by atoms with Gasteiger partial charge in [0.1, 0.15) is 0 Å². The summed E-state index contributed by atoms with van der Waals surface area (Å²) < 4.78 is 0. The van der Waals surface area contributed by atoms with Crippen molar-refractivity contribution in [3.8, 4) is 0 Å². The van der Waals surface area contributed by atoms with E-state index in [1.165, 1.54) is 12.0 Å². The number of likely N-dealkylation sites (tertiary alicyclic amines) is 1. The number of aliphatic imine (C=N–C) groups is 1. The molecule has 1 heterocycles. The van der Waals surface area contributed by atoms with Gasteiger partial charge in [-0.05, 0) is 50.0 Å². The zero-order valence-electron chi connectivity index (χ0n) is 16.0. The van der Waals surface area contributed by atoms with E-state index >= 15 is 0 Å². The Morgan fingerprint density at radius 2 is 2.08 bits per heavy atom. The fraction of sp³-hybridized carbons (Fsp3) is 0.667. The number of aliphatic hydroxyl groups is 1. The Hall–Kier alpha value is -1.55. The quantitative estimate of drug-likeness (QED) is 0.533. The fourth-order valence-electron chi connectivity index (χ4n) is 3.70. The van der Waals surface area contributed by atoms with Crippen LogP contribution in [0.15, 0.2) is 35.3 Å². The summed E-state index contributed by atoms with van der Waals surface area (Å²) in [6, 6.07) is 10.8. The number of aliphatic hydroxyl groups excluding tert-OH is 1. The summed E-state index contributed by atoms with van der Waals surface area (Å²) in [4.78, 5) is 7.31. The Labute approximate surface area is 153 Å². The summed E-state index contributed by atoms with van der Waals surface area (Å²) >= 11 is 0. The lowest BCUT2D eigenvalue weighted by molar-refractivity contribution is 0.253. The molecule has 1 aromatic rings. The van der Waals surface area contributed by atoms with Crippen molar-refractivity contribution in [2.24, 2.45) is 16.8 Å². The second-order valence-electron chi connectivity index (χ2n) is 7.15. The lowest BCUT2D eigenvalue weighted by atomic mass is 9.99. The predicted molar refractivity (Wildman–Crippen MR) is 106 cm³/mol. The minimum absolute atomic E-state index is 0.263. The van der Waals surface area contributed by atoms with E-state index in [2.05, 4.69) is 54.4 Å². The van der Waals surface area contributed by atoms with Crippen molar-refractivity contribution in [1.29, 1.82) is 0 Å². The third-order valence-corrected chi connectivity index (χ3v) is 5.02. The monoisotopic (exact) mass is 345 g/mol. The third kappa shape index (κ3) is 6.69. The molecule has 1 saturated heterocycles. The smallest absolute Gasteiger partial charge is 0.193 e. The van der Waals surface area contributed by atoms with Gasteiger partial charge in [0, 0.05) is 32.8 Å². The first-order valence-electron chi connectivity index (χ1n) is 9.94. The van der Waals surface area contributed by atoms with Crippen molar-refractivity contribution >= 4 is 5.96 Å². The van der Waals surface area contributed by atoms with Crippen LogP contribution in [0.2, 0.25) is 0 Å². The lowest BCUT2D eigenvalue weighted by Gasteiger charge is -2.23. The van der Waals surface area contributed by atoms with Crippen LogP contribution in [0.1, 0.15) is 45.1 Å². The molecule has 4 heteroatoms. The van der Waals surface area contributed by atoms with Crippen molar-refractivity contribution in [3.05, 3.63) is 35.9 Å². The lowest BCUT2D eigenvalue weighted by Crippen LogP contribution is -2.40. The van der Waals surface area contributed by atoms with E-state index in [-0.39, 0.29) is 6.61 Å². The Balaban J connectivity index is 1.91. The summed E-state index contributed by atoms with van der Waals surface area (Å²) in [5.41, 5.74) is 1.43. The minimum Gasteiger partial charge on any atom is -0.396 e. The molecule has 1 aliphatic heterocycles. The van der Waals surface area contributed by atoms with Gasteiger partial charge in [-0.15, -0.1) is 0 Å². The standard InChI is InChI=1S/C21H35N3O/c1-3-8-19(12-14-25)16-23-21(22-4-2)24-13-11-20(17-24)15-18-9-6-5-7-10-18/h5-7,9-10,19-20,25H,3-4,8,11-17H2,1-2H3,(H,22,23). The SMILES string of the molecule is CCCC(CCO)CN=C(NCC)N1CCC(Cc2ccccc2)C1. The average Bonchev–Trinajstić information content (AvgIpc) is 3.08. The van der Waals surface area contributed by atoms with Crippen LogP contribution in [-0.4, -0.2) is 48.8 Å². The van der Waals surface area contributed by atoms with Crippen molar-refractivity contribution in [2.75, 3.05) is 32.8 Å². The molecule has 2 unspecified atom stereocenters. The molecule has 2 N–H and O–H groups in total. The van der Waals surface area contributed by atoms with Gasteiger partial charge in [-0.3, -0.25) is 4.99 Å². The van der Waals surface area contributed by atoms with Crippen LogP contribution >= 0.6 is 0 Å². The van der Waals surface area contributed by atoms with Gasteiger partial charge in [0.2, 0.25) is 0 Å². The van der Waals surface area contributed by atoms with Crippen molar-refractivity contribution in [2.45, 2.75) is 46.0 Å². The molecule has 0 aromatic heterocycles.